The number of fused-ring (bicyclic) bond motifs is 1. The second-order valence-electron chi connectivity index (χ2n) is 2.58. The van der Waals surface area contributed by atoms with Gasteiger partial charge in [0.2, 0.25) is 0 Å². The molecule has 1 N–H and O–H groups in total. The van der Waals surface area contributed by atoms with Gasteiger partial charge in [0.25, 0.3) is 0 Å². The number of allylic oxidation sites excluding steroid dienone is 2. The molecule has 2 radical (unpaired) electrons. The van der Waals surface area contributed by atoms with Gasteiger partial charge in [-0.25, -0.2) is 0 Å². The summed E-state index contributed by atoms with van der Waals surface area (Å²) in [5.41, 5.74) is 2.23. The average Bonchev–Trinajstić information content (AvgIpc) is 2.04. The number of aliphatic hydroxyl groups excluding tert-OH is 1. The Labute approximate surface area is 66.0 Å². The number of aliphatic hydroxyl groups is 1. The number of hydrogen-bond donors (Lipinski definition) is 1. The van der Waals surface area contributed by atoms with Crippen LogP contribution in [-0.4, -0.2) is 5.11 Å². The lowest BCUT2D eigenvalue weighted by atomic mass is 9.96. The molecule has 0 unspecified atom stereocenters. The average molecular weight is 144 g/mol. The summed E-state index contributed by atoms with van der Waals surface area (Å²) in [5.74, 6) is 0.253. The molecule has 0 aliphatic heterocycles. The molecular formula is C10H8O. The molecule has 0 amide bonds. The molecule has 1 aliphatic carbocycles. The van der Waals surface area contributed by atoms with E-state index in [1.54, 1.807) is 6.08 Å². The van der Waals surface area contributed by atoms with Crippen LogP contribution < -0.4 is 0 Å². The van der Waals surface area contributed by atoms with Crippen LogP contribution in [0, 0.1) is 6.42 Å². The Morgan fingerprint density at radius 1 is 1.27 bits per heavy atom. The Morgan fingerprint density at radius 3 is 3.00 bits per heavy atom. The number of rotatable bonds is 0. The zero-order valence-electron chi connectivity index (χ0n) is 6.04. The molecule has 2 rings (SSSR count). The van der Waals surface area contributed by atoms with E-state index in [-0.39, 0.29) is 5.76 Å². The topological polar surface area (TPSA) is 20.2 Å². The van der Waals surface area contributed by atoms with Crippen molar-refractivity contribution in [1.82, 2.24) is 0 Å². The van der Waals surface area contributed by atoms with E-state index in [1.807, 2.05) is 24.3 Å². The monoisotopic (exact) mass is 144 g/mol. The third-order valence-electron chi connectivity index (χ3n) is 1.80. The predicted molar refractivity (Wildman–Crippen MR) is 43.2 cm³/mol. The summed E-state index contributed by atoms with van der Waals surface area (Å²) in [5, 5.41) is 9.11. The maximum atomic E-state index is 9.11. The van der Waals surface area contributed by atoms with Gasteiger partial charge in [-0.2, -0.15) is 0 Å². The normalized spacial score (nSPS) is 15.5. The van der Waals surface area contributed by atoms with Crippen LogP contribution in [-0.2, 0) is 6.42 Å². The van der Waals surface area contributed by atoms with Gasteiger partial charge in [0.1, 0.15) is 5.76 Å². The molecule has 11 heavy (non-hydrogen) atoms. The molecule has 0 saturated carbocycles. The van der Waals surface area contributed by atoms with Crippen LogP contribution in [0.3, 0.4) is 0 Å². The summed E-state index contributed by atoms with van der Waals surface area (Å²) < 4.78 is 0. The molecule has 1 aromatic carbocycles. The summed E-state index contributed by atoms with van der Waals surface area (Å²) in [6, 6.07) is 7.95. The maximum Gasteiger partial charge on any atom is 0.102 e. The SMILES string of the molecule is OC1=CCc2ccccc2[C]1. The summed E-state index contributed by atoms with van der Waals surface area (Å²) >= 11 is 0. The van der Waals surface area contributed by atoms with Gasteiger partial charge in [0.15, 0.2) is 0 Å². The molecule has 1 aliphatic rings. The Hall–Kier alpha value is -1.24. The van der Waals surface area contributed by atoms with Gasteiger partial charge in [0.05, 0.1) is 6.42 Å². The third kappa shape index (κ3) is 1.14. The summed E-state index contributed by atoms with van der Waals surface area (Å²) in [7, 11) is 0. The van der Waals surface area contributed by atoms with Gasteiger partial charge in [0, 0.05) is 0 Å². The molecule has 0 bridgehead atoms. The fourth-order valence-electron chi connectivity index (χ4n) is 1.22. The van der Waals surface area contributed by atoms with Crippen molar-refractivity contribution < 1.29 is 5.11 Å². The molecule has 1 heteroatoms. The molecular weight excluding hydrogens is 136 g/mol. The Kier molecular flexibility index (Phi) is 1.42. The highest BCUT2D eigenvalue weighted by Gasteiger charge is 2.08. The molecule has 1 nitrogen and oxygen atoms in total. The highest BCUT2D eigenvalue weighted by molar-refractivity contribution is 5.42. The van der Waals surface area contributed by atoms with Crippen LogP contribution in [0.4, 0.5) is 0 Å². The van der Waals surface area contributed by atoms with Gasteiger partial charge < -0.3 is 5.11 Å². The fraction of sp³-hybridized carbons (Fsp3) is 0.100. The molecule has 0 aromatic heterocycles. The molecule has 0 saturated heterocycles. The summed E-state index contributed by atoms with van der Waals surface area (Å²) in [4.78, 5) is 0. The maximum absolute atomic E-state index is 9.11. The van der Waals surface area contributed by atoms with Crippen LogP contribution >= 0.6 is 0 Å². The van der Waals surface area contributed by atoms with Gasteiger partial charge in [-0.15, -0.1) is 0 Å². The summed E-state index contributed by atoms with van der Waals surface area (Å²) in [6.07, 6.45) is 5.46. The zero-order chi connectivity index (χ0) is 7.68. The Bertz CT molecular complexity index is 299. The highest BCUT2D eigenvalue weighted by atomic mass is 16.3. The van der Waals surface area contributed by atoms with Crippen molar-refractivity contribution in [3.05, 3.63) is 53.6 Å². The van der Waals surface area contributed by atoms with E-state index < -0.39 is 0 Å². The van der Waals surface area contributed by atoms with Crippen LogP contribution in [0.1, 0.15) is 11.1 Å². The molecule has 0 atom stereocenters. The van der Waals surface area contributed by atoms with Gasteiger partial charge in [-0.3, -0.25) is 0 Å². The van der Waals surface area contributed by atoms with Crippen LogP contribution in [0.2, 0.25) is 0 Å². The molecule has 1 aromatic rings. The van der Waals surface area contributed by atoms with Crippen molar-refractivity contribution in [3.63, 3.8) is 0 Å². The van der Waals surface area contributed by atoms with Crippen molar-refractivity contribution in [2.24, 2.45) is 0 Å². The lowest BCUT2D eigenvalue weighted by molar-refractivity contribution is 0.419. The number of benzene rings is 1. The van der Waals surface area contributed by atoms with Crippen molar-refractivity contribution in [1.29, 1.82) is 0 Å². The van der Waals surface area contributed by atoms with Crippen LogP contribution in [0.5, 0.6) is 0 Å². The first-order valence-corrected chi connectivity index (χ1v) is 3.60. The van der Waals surface area contributed by atoms with Gasteiger partial charge >= 0.3 is 0 Å². The van der Waals surface area contributed by atoms with Crippen molar-refractivity contribution in [3.8, 4) is 0 Å². The van der Waals surface area contributed by atoms with E-state index in [4.69, 9.17) is 5.11 Å². The quantitative estimate of drug-likeness (QED) is 0.591. The second-order valence-corrected chi connectivity index (χ2v) is 2.58. The molecule has 0 spiro atoms. The molecule has 54 valence electrons. The third-order valence-corrected chi connectivity index (χ3v) is 1.80. The Morgan fingerprint density at radius 2 is 2.09 bits per heavy atom. The van der Waals surface area contributed by atoms with E-state index in [1.165, 1.54) is 5.56 Å². The fourth-order valence-corrected chi connectivity index (χ4v) is 1.22. The first-order valence-electron chi connectivity index (χ1n) is 3.60. The summed E-state index contributed by atoms with van der Waals surface area (Å²) in [6.45, 7) is 0. The van der Waals surface area contributed by atoms with Crippen LogP contribution in [0.25, 0.3) is 0 Å². The van der Waals surface area contributed by atoms with E-state index >= 15 is 0 Å². The lowest BCUT2D eigenvalue weighted by Crippen LogP contribution is -1.99. The second kappa shape index (κ2) is 2.42. The zero-order valence-corrected chi connectivity index (χ0v) is 6.04. The first-order chi connectivity index (χ1) is 5.36. The minimum atomic E-state index is 0.253. The molecule has 0 heterocycles. The van der Waals surface area contributed by atoms with E-state index in [2.05, 4.69) is 6.42 Å². The van der Waals surface area contributed by atoms with Gasteiger partial charge in [-0.05, 0) is 23.6 Å². The largest absolute Gasteiger partial charge is 0.512 e. The van der Waals surface area contributed by atoms with E-state index in [0.717, 1.165) is 12.0 Å². The van der Waals surface area contributed by atoms with E-state index in [9.17, 15) is 0 Å². The predicted octanol–water partition coefficient (Wildman–Crippen LogP) is 2.11. The molecule has 0 fully saturated rings. The lowest BCUT2D eigenvalue weighted by Gasteiger charge is -2.10. The number of hydrogen-bond acceptors (Lipinski definition) is 1. The standard InChI is InChI=1S/C10H8O/c11-10-6-5-8-3-1-2-4-9(8)7-10/h1-4,6,11H,5H2. The Balaban J connectivity index is 2.42. The first kappa shape index (κ1) is 6.47. The highest BCUT2D eigenvalue weighted by Crippen LogP contribution is 2.20. The minimum absolute atomic E-state index is 0.253. The smallest absolute Gasteiger partial charge is 0.102 e. The van der Waals surface area contributed by atoms with E-state index in [0.29, 0.717) is 0 Å². The van der Waals surface area contributed by atoms with Crippen molar-refractivity contribution in [2.75, 3.05) is 0 Å². The van der Waals surface area contributed by atoms with Crippen LogP contribution in [0.15, 0.2) is 36.1 Å². The van der Waals surface area contributed by atoms with Gasteiger partial charge in [-0.1, -0.05) is 24.3 Å². The minimum Gasteiger partial charge on any atom is -0.512 e. The van der Waals surface area contributed by atoms with Crippen molar-refractivity contribution in [2.45, 2.75) is 6.42 Å². The van der Waals surface area contributed by atoms with Crippen molar-refractivity contribution >= 4 is 0 Å².